The minimum atomic E-state index is -0.874. The lowest BCUT2D eigenvalue weighted by Gasteiger charge is -2.35. The van der Waals surface area contributed by atoms with Gasteiger partial charge in [-0.3, -0.25) is 14.5 Å². The van der Waals surface area contributed by atoms with Crippen LogP contribution in [0.15, 0.2) is 18.2 Å². The minimum Gasteiger partial charge on any atom is -0.444 e. The third-order valence-corrected chi connectivity index (χ3v) is 6.29. The average molecular weight is 495 g/mol. The van der Waals surface area contributed by atoms with Crippen LogP contribution in [0.4, 0.5) is 13.6 Å². The third kappa shape index (κ3) is 7.88. The van der Waals surface area contributed by atoms with Gasteiger partial charge >= 0.3 is 6.09 Å². The fraction of sp³-hybridized carbons (Fsp3) is 0.640. The molecule has 2 heterocycles. The Morgan fingerprint density at radius 1 is 1.00 bits per heavy atom. The Morgan fingerprint density at radius 3 is 2.26 bits per heavy atom. The van der Waals surface area contributed by atoms with Crippen molar-refractivity contribution in [2.45, 2.75) is 45.6 Å². The van der Waals surface area contributed by atoms with E-state index < -0.39 is 23.1 Å². The first-order valence-electron chi connectivity index (χ1n) is 12.3. The SMILES string of the molecule is CC(C)(C)OC(=O)N1CCN(CCCNC(=O)C2CCN(C(=O)c3ccc(F)cc3F)CC2)CC1. The van der Waals surface area contributed by atoms with Crippen LogP contribution in [-0.2, 0) is 9.53 Å². The molecule has 1 N–H and O–H groups in total. The first kappa shape index (κ1) is 26.8. The van der Waals surface area contributed by atoms with E-state index in [1.807, 2.05) is 20.8 Å². The number of ether oxygens (including phenoxy) is 1. The van der Waals surface area contributed by atoms with Crippen molar-refractivity contribution in [2.75, 3.05) is 52.4 Å². The van der Waals surface area contributed by atoms with E-state index in [1.54, 1.807) is 4.90 Å². The fourth-order valence-corrected chi connectivity index (χ4v) is 4.32. The van der Waals surface area contributed by atoms with Gasteiger partial charge in [-0.1, -0.05) is 0 Å². The molecule has 0 spiro atoms. The molecule has 0 saturated carbocycles. The molecule has 2 aliphatic rings. The summed E-state index contributed by atoms with van der Waals surface area (Å²) in [6, 6.07) is 2.93. The summed E-state index contributed by atoms with van der Waals surface area (Å²) < 4.78 is 32.4. The molecule has 8 nitrogen and oxygen atoms in total. The number of hydrogen-bond acceptors (Lipinski definition) is 5. The van der Waals surface area contributed by atoms with Gasteiger partial charge in [0.05, 0.1) is 5.56 Å². The molecule has 1 aromatic carbocycles. The highest BCUT2D eigenvalue weighted by Crippen LogP contribution is 2.21. The van der Waals surface area contributed by atoms with Gasteiger partial charge < -0.3 is 19.9 Å². The van der Waals surface area contributed by atoms with Crippen molar-refractivity contribution in [3.8, 4) is 0 Å². The number of amides is 3. The second-order valence-electron chi connectivity index (χ2n) is 10.1. The molecule has 35 heavy (non-hydrogen) atoms. The van der Waals surface area contributed by atoms with Crippen LogP contribution >= 0.6 is 0 Å². The van der Waals surface area contributed by atoms with Crippen LogP contribution in [0.2, 0.25) is 0 Å². The zero-order valence-electron chi connectivity index (χ0n) is 20.8. The summed E-state index contributed by atoms with van der Waals surface area (Å²) in [4.78, 5) is 42.7. The molecule has 2 fully saturated rings. The van der Waals surface area contributed by atoms with E-state index in [0.717, 1.165) is 38.2 Å². The summed E-state index contributed by atoms with van der Waals surface area (Å²) in [5.74, 6) is -2.29. The number of carbonyl (C=O) groups is 3. The molecular weight excluding hydrogens is 458 g/mol. The van der Waals surface area contributed by atoms with Gasteiger partial charge in [0.15, 0.2) is 0 Å². The number of piperidine rings is 1. The van der Waals surface area contributed by atoms with Crippen LogP contribution in [0.25, 0.3) is 0 Å². The van der Waals surface area contributed by atoms with Gasteiger partial charge in [-0.15, -0.1) is 0 Å². The molecule has 2 aliphatic heterocycles. The Morgan fingerprint density at radius 2 is 1.66 bits per heavy atom. The molecule has 194 valence electrons. The number of piperazine rings is 1. The number of halogens is 2. The van der Waals surface area contributed by atoms with E-state index >= 15 is 0 Å². The molecule has 3 rings (SSSR count). The first-order chi connectivity index (χ1) is 16.5. The zero-order chi connectivity index (χ0) is 25.6. The monoisotopic (exact) mass is 494 g/mol. The molecular formula is C25H36F2N4O4. The van der Waals surface area contributed by atoms with Crippen molar-refractivity contribution in [1.29, 1.82) is 0 Å². The van der Waals surface area contributed by atoms with Crippen LogP contribution in [-0.4, -0.2) is 90.6 Å². The summed E-state index contributed by atoms with van der Waals surface area (Å²) in [6.45, 7) is 10.5. The molecule has 0 unspecified atom stereocenters. The average Bonchev–Trinajstić information content (AvgIpc) is 2.80. The fourth-order valence-electron chi connectivity index (χ4n) is 4.32. The van der Waals surface area contributed by atoms with Crippen molar-refractivity contribution in [3.63, 3.8) is 0 Å². The summed E-state index contributed by atoms with van der Waals surface area (Å²) in [6.07, 6.45) is 1.54. The number of rotatable bonds is 6. The number of nitrogens with zero attached hydrogens (tertiary/aromatic N) is 3. The summed E-state index contributed by atoms with van der Waals surface area (Å²) >= 11 is 0. The summed E-state index contributed by atoms with van der Waals surface area (Å²) in [7, 11) is 0. The zero-order valence-corrected chi connectivity index (χ0v) is 20.8. The highest BCUT2D eigenvalue weighted by atomic mass is 19.1. The minimum absolute atomic E-state index is 0.0280. The van der Waals surface area contributed by atoms with Gasteiger partial charge in [0, 0.05) is 57.8 Å². The lowest BCUT2D eigenvalue weighted by atomic mass is 9.95. The standard InChI is InChI=1S/C25H36F2N4O4/c1-25(2,3)35-24(34)31-15-13-29(14-16-31)10-4-9-28-22(32)18-7-11-30(12-8-18)23(33)20-6-5-19(26)17-21(20)27/h5-6,17-18H,4,7-16H2,1-3H3,(H,28,32). The van der Waals surface area contributed by atoms with Crippen LogP contribution in [0, 0.1) is 17.6 Å². The van der Waals surface area contributed by atoms with Crippen LogP contribution in [0.5, 0.6) is 0 Å². The van der Waals surface area contributed by atoms with Crippen molar-refractivity contribution in [1.82, 2.24) is 20.0 Å². The number of carbonyl (C=O) groups excluding carboxylic acids is 3. The smallest absolute Gasteiger partial charge is 0.410 e. The number of benzene rings is 1. The molecule has 10 heteroatoms. The lowest BCUT2D eigenvalue weighted by molar-refractivity contribution is -0.126. The third-order valence-electron chi connectivity index (χ3n) is 6.29. The predicted octanol–water partition coefficient (Wildman–Crippen LogP) is 2.88. The topological polar surface area (TPSA) is 82.2 Å². The largest absolute Gasteiger partial charge is 0.444 e. The number of likely N-dealkylation sites (tertiary alicyclic amines) is 1. The molecule has 1 aromatic rings. The quantitative estimate of drug-likeness (QED) is 0.615. The van der Waals surface area contributed by atoms with E-state index in [0.29, 0.717) is 51.6 Å². The van der Waals surface area contributed by atoms with E-state index in [4.69, 9.17) is 4.74 Å². The van der Waals surface area contributed by atoms with E-state index in [1.165, 1.54) is 4.90 Å². The van der Waals surface area contributed by atoms with Crippen LogP contribution in [0.1, 0.15) is 50.4 Å². The first-order valence-corrected chi connectivity index (χ1v) is 12.3. The van der Waals surface area contributed by atoms with E-state index in [-0.39, 0.29) is 23.5 Å². The lowest BCUT2D eigenvalue weighted by Crippen LogP contribution is -2.50. The molecule has 3 amide bonds. The van der Waals surface area contributed by atoms with Gasteiger partial charge in [-0.05, 0) is 58.7 Å². The van der Waals surface area contributed by atoms with Crippen LogP contribution < -0.4 is 5.32 Å². The Bertz CT molecular complexity index is 905. The van der Waals surface area contributed by atoms with Gasteiger partial charge in [0.1, 0.15) is 17.2 Å². The second-order valence-corrected chi connectivity index (χ2v) is 10.1. The van der Waals surface area contributed by atoms with Crippen molar-refractivity contribution >= 4 is 17.9 Å². The normalized spacial score (nSPS) is 17.9. The molecule has 0 aromatic heterocycles. The molecule has 2 saturated heterocycles. The van der Waals surface area contributed by atoms with Gasteiger partial charge in [0.25, 0.3) is 5.91 Å². The van der Waals surface area contributed by atoms with E-state index in [2.05, 4.69) is 10.2 Å². The maximum Gasteiger partial charge on any atom is 0.410 e. The van der Waals surface area contributed by atoms with E-state index in [9.17, 15) is 23.2 Å². The number of nitrogens with one attached hydrogen (secondary N) is 1. The highest BCUT2D eigenvalue weighted by Gasteiger charge is 2.29. The van der Waals surface area contributed by atoms with Gasteiger partial charge in [0.2, 0.25) is 5.91 Å². The molecule has 0 atom stereocenters. The summed E-state index contributed by atoms with van der Waals surface area (Å²) in [5.41, 5.74) is -0.653. The van der Waals surface area contributed by atoms with Crippen molar-refractivity contribution in [3.05, 3.63) is 35.4 Å². The Balaban J connectivity index is 1.31. The van der Waals surface area contributed by atoms with Crippen LogP contribution in [0.3, 0.4) is 0 Å². The molecule has 0 bridgehead atoms. The second kappa shape index (κ2) is 11.8. The highest BCUT2D eigenvalue weighted by molar-refractivity contribution is 5.94. The Hall–Kier alpha value is -2.75. The van der Waals surface area contributed by atoms with Crippen molar-refractivity contribution in [2.24, 2.45) is 5.92 Å². The summed E-state index contributed by atoms with van der Waals surface area (Å²) in [5, 5.41) is 2.98. The predicted molar refractivity (Wildman–Crippen MR) is 127 cm³/mol. The van der Waals surface area contributed by atoms with Crippen molar-refractivity contribution < 1.29 is 27.9 Å². The van der Waals surface area contributed by atoms with Gasteiger partial charge in [-0.2, -0.15) is 0 Å². The molecule has 0 aliphatic carbocycles. The number of hydrogen-bond donors (Lipinski definition) is 1. The van der Waals surface area contributed by atoms with Gasteiger partial charge in [-0.25, -0.2) is 13.6 Å². The maximum atomic E-state index is 13.9. The maximum absolute atomic E-state index is 13.9. The Labute approximate surface area is 205 Å². The molecule has 0 radical (unpaired) electrons. The Kier molecular flexibility index (Phi) is 9.04.